The maximum Gasteiger partial charge on any atom is 0.302 e. The largest absolute Gasteiger partial charge is 0.497 e. The lowest BCUT2D eigenvalue weighted by molar-refractivity contribution is -0.247. The number of hydrogen-bond donors (Lipinski definition) is 1. The van der Waals surface area contributed by atoms with Crippen LogP contribution in [0.15, 0.2) is 109 Å². The molecule has 1 saturated heterocycles. The van der Waals surface area contributed by atoms with Crippen molar-refractivity contribution >= 4 is 26.2 Å². The molecule has 0 saturated carbocycles. The molecule has 16 nitrogen and oxygen atoms in total. The van der Waals surface area contributed by atoms with E-state index in [0.29, 0.717) is 51.5 Å². The van der Waals surface area contributed by atoms with Crippen LogP contribution in [0.3, 0.4) is 0 Å². The molecule has 1 N–H and O–H groups in total. The molecule has 7 unspecified atom stereocenters. The van der Waals surface area contributed by atoms with Crippen molar-refractivity contribution in [3.8, 4) is 11.5 Å². The van der Waals surface area contributed by atoms with Crippen molar-refractivity contribution < 1.29 is 61.3 Å². The van der Waals surface area contributed by atoms with E-state index in [1.807, 2.05) is 86.6 Å². The lowest BCUT2D eigenvalue weighted by atomic mass is 9.80. The number of benzene rings is 4. The van der Waals surface area contributed by atoms with E-state index < -0.39 is 20.4 Å². The summed E-state index contributed by atoms with van der Waals surface area (Å²) in [6.07, 6.45) is 1.60. The Kier molecular flexibility index (Phi) is 28.3. The van der Waals surface area contributed by atoms with Crippen LogP contribution in [0.2, 0.25) is 0 Å². The van der Waals surface area contributed by atoms with Crippen LogP contribution in [0.4, 0.5) is 0 Å². The molecule has 0 aromatic heterocycles. The highest BCUT2D eigenvalue weighted by Gasteiger charge is 2.43. The Morgan fingerprint density at radius 3 is 1.82 bits per heavy atom. The molecule has 1 aliphatic rings. The molecular weight excluding hydrogens is 1030 g/mol. The highest BCUT2D eigenvalue weighted by molar-refractivity contribution is 7.44. The average molecular weight is 1120 g/mol. The molecule has 0 radical (unpaired) electrons. The van der Waals surface area contributed by atoms with Gasteiger partial charge in [0.25, 0.3) is 8.53 Å². The van der Waals surface area contributed by atoms with Crippen LogP contribution in [0, 0.1) is 11.8 Å². The standard InChI is InChI=1S/C62H90N3O13P/c1-12-36-76-79(65(45(2)3)46(4)5)78-57(43-75-62(52-23-17-14-18-24-52,53-26-30-55(69-10)31-27-53)54-28-32-56(70-11)33-29-54)25-19-20-34-64(42-58(68)51-21-15-13-16-22-51)35-37-71-38-39-72-40-41-73-61-60(63-49(8)66)48(7)47(6)59(77-61)44-74-50(9)67/h13-18,21-24,26-33,45-48,57,59-61H,12,19-20,25,34-44H2,1-11H3,(H,63,66). The van der Waals surface area contributed by atoms with Crippen molar-refractivity contribution in [2.45, 2.75) is 130 Å². The maximum atomic E-state index is 13.7. The number of hydrogen-bond acceptors (Lipinski definition) is 15. The van der Waals surface area contributed by atoms with E-state index in [-0.39, 0.29) is 92.8 Å². The van der Waals surface area contributed by atoms with Crippen LogP contribution in [-0.2, 0) is 52.7 Å². The Balaban J connectivity index is 1.27. The molecule has 0 aliphatic carbocycles. The van der Waals surface area contributed by atoms with E-state index in [4.69, 9.17) is 46.9 Å². The SMILES string of the molecule is CCCOP(OC(CCCCN(CCOCCOCCOC1OC(COC(C)=O)C(C)C(C)C1NC(C)=O)CC(=O)c1ccccc1)COC(c1ccccc1)(c1ccc(OC)cc1)c1ccc(OC)cc1)N(C(C)C)C(C)C. The second-order valence-corrected chi connectivity index (χ2v) is 22.0. The fourth-order valence-corrected chi connectivity index (χ4v) is 11.6. The topological polar surface area (TPSA) is 162 Å². The number of esters is 1. The van der Waals surface area contributed by atoms with Crippen molar-refractivity contribution in [2.75, 3.05) is 86.7 Å². The van der Waals surface area contributed by atoms with Crippen LogP contribution in [0.5, 0.6) is 11.5 Å². The minimum atomic E-state index is -1.48. The predicted molar refractivity (Wildman–Crippen MR) is 308 cm³/mol. The van der Waals surface area contributed by atoms with Crippen molar-refractivity contribution in [1.82, 2.24) is 14.9 Å². The quantitative estimate of drug-likeness (QED) is 0.0149. The van der Waals surface area contributed by atoms with Gasteiger partial charge in [-0.05, 0) is 113 Å². The number of Topliss-reactive ketones (excluding diaryl/α,β-unsaturated/α-hetero) is 1. The van der Waals surface area contributed by atoms with E-state index in [2.05, 4.69) is 85.9 Å². The molecule has 0 bridgehead atoms. The molecule has 79 heavy (non-hydrogen) atoms. The van der Waals surface area contributed by atoms with Gasteiger partial charge in [0.15, 0.2) is 12.1 Å². The molecule has 1 fully saturated rings. The van der Waals surface area contributed by atoms with Crippen LogP contribution in [0.1, 0.15) is 115 Å². The normalized spacial score (nSPS) is 18.4. The van der Waals surface area contributed by atoms with E-state index in [0.717, 1.165) is 47.5 Å². The van der Waals surface area contributed by atoms with Gasteiger partial charge in [-0.3, -0.25) is 19.3 Å². The molecule has 4 aromatic rings. The zero-order valence-corrected chi connectivity index (χ0v) is 49.7. The van der Waals surface area contributed by atoms with E-state index in [1.165, 1.54) is 13.8 Å². The molecule has 1 heterocycles. The summed E-state index contributed by atoms with van der Waals surface area (Å²) in [6.45, 7) is 21.6. The molecule has 7 atom stereocenters. The van der Waals surface area contributed by atoms with Crippen LogP contribution < -0.4 is 14.8 Å². The summed E-state index contributed by atoms with van der Waals surface area (Å²) >= 11 is 0. The Bertz CT molecular complexity index is 2290. The van der Waals surface area contributed by atoms with Gasteiger partial charge in [0.05, 0.1) is 85.3 Å². The lowest BCUT2D eigenvalue weighted by Crippen LogP contribution is -2.58. The number of methoxy groups -OCH3 is 2. The summed E-state index contributed by atoms with van der Waals surface area (Å²) in [4.78, 5) is 39.5. The van der Waals surface area contributed by atoms with Gasteiger partial charge in [0.2, 0.25) is 5.91 Å². The van der Waals surface area contributed by atoms with Crippen molar-refractivity contribution in [1.29, 1.82) is 0 Å². The molecule has 1 aliphatic heterocycles. The number of nitrogens with one attached hydrogen (secondary N) is 1. The summed E-state index contributed by atoms with van der Waals surface area (Å²) in [7, 11) is 1.85. The molecule has 5 rings (SSSR count). The summed E-state index contributed by atoms with van der Waals surface area (Å²) in [5, 5.41) is 2.97. The van der Waals surface area contributed by atoms with Gasteiger partial charge in [-0.15, -0.1) is 0 Å². The monoisotopic (exact) mass is 1120 g/mol. The first-order chi connectivity index (χ1) is 38.1. The predicted octanol–water partition coefficient (Wildman–Crippen LogP) is 10.6. The molecule has 4 aromatic carbocycles. The number of unbranched alkanes of at least 4 members (excludes halogenated alkanes) is 1. The number of carbonyl (C=O) groups is 3. The molecule has 17 heteroatoms. The third kappa shape index (κ3) is 20.3. The van der Waals surface area contributed by atoms with Gasteiger partial charge in [-0.2, -0.15) is 0 Å². The smallest absolute Gasteiger partial charge is 0.302 e. The first-order valence-corrected chi connectivity index (χ1v) is 29.2. The Hall–Kier alpha value is -4.84. The highest BCUT2D eigenvalue weighted by atomic mass is 31.2. The number of ether oxygens (including phenoxy) is 8. The second-order valence-electron chi connectivity index (χ2n) is 20.6. The van der Waals surface area contributed by atoms with E-state index >= 15 is 0 Å². The zero-order valence-electron chi connectivity index (χ0n) is 48.8. The molecule has 1 amide bonds. The first-order valence-electron chi connectivity index (χ1n) is 28.1. The maximum absolute atomic E-state index is 13.7. The number of carbonyl (C=O) groups excluding carboxylic acids is 3. The third-order valence-electron chi connectivity index (χ3n) is 14.1. The molecular formula is C62H90N3O13P. The summed E-state index contributed by atoms with van der Waals surface area (Å²) in [5.41, 5.74) is 2.44. The third-order valence-corrected chi connectivity index (χ3v) is 16.3. The minimum absolute atomic E-state index is 0.00361. The summed E-state index contributed by atoms with van der Waals surface area (Å²) in [6, 6.07) is 35.7. The van der Waals surface area contributed by atoms with Crippen molar-refractivity contribution in [2.24, 2.45) is 11.8 Å². The fourth-order valence-electron chi connectivity index (χ4n) is 9.78. The summed E-state index contributed by atoms with van der Waals surface area (Å²) < 4.78 is 64.4. The van der Waals surface area contributed by atoms with Gasteiger partial charge in [-0.25, -0.2) is 4.67 Å². The van der Waals surface area contributed by atoms with Crippen LogP contribution >= 0.6 is 8.53 Å². The number of rotatable bonds is 37. The highest BCUT2D eigenvalue weighted by Crippen LogP contribution is 2.49. The van der Waals surface area contributed by atoms with Gasteiger partial charge in [0, 0.05) is 38.0 Å². The molecule has 436 valence electrons. The number of ketones is 1. The fraction of sp³-hybridized carbons (Fsp3) is 0.565. The van der Waals surface area contributed by atoms with Gasteiger partial charge in [0.1, 0.15) is 23.7 Å². The lowest BCUT2D eigenvalue weighted by Gasteiger charge is -2.44. The van der Waals surface area contributed by atoms with Crippen LogP contribution in [0.25, 0.3) is 0 Å². The average Bonchev–Trinajstić information content (AvgIpc) is 3.63. The number of nitrogens with zero attached hydrogens (tertiary/aromatic N) is 2. The molecule has 0 spiro atoms. The minimum Gasteiger partial charge on any atom is -0.497 e. The zero-order chi connectivity index (χ0) is 57.2. The van der Waals surface area contributed by atoms with Crippen LogP contribution in [-0.4, -0.2) is 151 Å². The Morgan fingerprint density at radius 1 is 0.696 bits per heavy atom. The summed E-state index contributed by atoms with van der Waals surface area (Å²) in [5.74, 6) is 0.967. The number of amides is 1. The Morgan fingerprint density at radius 2 is 1.27 bits per heavy atom. The first kappa shape index (κ1) is 65.0. The Labute approximate surface area is 472 Å². The van der Waals surface area contributed by atoms with E-state index in [9.17, 15) is 14.4 Å². The van der Waals surface area contributed by atoms with Gasteiger partial charge < -0.3 is 52.3 Å². The second kappa shape index (κ2) is 34.4. The van der Waals surface area contributed by atoms with E-state index in [1.54, 1.807) is 14.2 Å². The van der Waals surface area contributed by atoms with Crippen molar-refractivity contribution in [3.63, 3.8) is 0 Å². The van der Waals surface area contributed by atoms with Gasteiger partial charge >= 0.3 is 5.97 Å². The van der Waals surface area contributed by atoms with Crippen molar-refractivity contribution in [3.05, 3.63) is 131 Å². The van der Waals surface area contributed by atoms with Gasteiger partial charge in [-0.1, -0.05) is 106 Å².